The first-order valence-electron chi connectivity index (χ1n) is 6.81. The van der Waals surface area contributed by atoms with Crippen molar-refractivity contribution >= 4 is 9.84 Å². The van der Waals surface area contributed by atoms with Gasteiger partial charge in [0, 0.05) is 6.26 Å². The molecule has 22 heavy (non-hydrogen) atoms. The maximum atomic E-state index is 12.1. The molecule has 118 valence electrons. The van der Waals surface area contributed by atoms with Crippen LogP contribution in [0.5, 0.6) is 17.2 Å². The summed E-state index contributed by atoms with van der Waals surface area (Å²) < 4.78 is 83.5. The van der Waals surface area contributed by atoms with Gasteiger partial charge in [0.2, 0.25) is 0 Å². The fourth-order valence-electron chi connectivity index (χ4n) is 1.47. The quantitative estimate of drug-likeness (QED) is 0.853. The van der Waals surface area contributed by atoms with Gasteiger partial charge in [0.25, 0.3) is 0 Å². The van der Waals surface area contributed by atoms with Crippen molar-refractivity contribution in [2.45, 2.75) is 11.3 Å². The predicted octanol–water partition coefficient (Wildman–Crippen LogP) is 3.78. The molecular formula is C14H11F3O4S. The van der Waals surface area contributed by atoms with Crippen LogP contribution in [0.2, 0.25) is 0 Å². The van der Waals surface area contributed by atoms with Gasteiger partial charge in [-0.05, 0) is 48.5 Å². The number of benzene rings is 2. The number of halogens is 3. The largest absolute Gasteiger partial charge is 0.573 e. The van der Waals surface area contributed by atoms with Crippen LogP contribution in [-0.4, -0.2) is 21.0 Å². The number of sulfone groups is 1. The van der Waals surface area contributed by atoms with Crippen LogP contribution in [0, 0.1) is 0 Å². The van der Waals surface area contributed by atoms with Crippen molar-refractivity contribution in [3.63, 3.8) is 0 Å². The summed E-state index contributed by atoms with van der Waals surface area (Å²) >= 11 is 0. The molecular weight excluding hydrogens is 321 g/mol. The molecule has 0 aliphatic rings. The van der Waals surface area contributed by atoms with Gasteiger partial charge in [-0.15, -0.1) is 13.2 Å². The monoisotopic (exact) mass is 336 g/mol. The molecule has 2 rings (SSSR count). The first kappa shape index (κ1) is 13.4. The van der Waals surface area contributed by atoms with Gasteiger partial charge in [-0.3, -0.25) is 0 Å². The Kier molecular flexibility index (Phi) is 3.59. The fourth-order valence-corrected chi connectivity index (χ4v) is 2.05. The van der Waals surface area contributed by atoms with Gasteiger partial charge in [-0.2, -0.15) is 0 Å². The molecule has 0 aromatic heterocycles. The highest BCUT2D eigenvalue weighted by atomic mass is 32.2. The lowest BCUT2D eigenvalue weighted by atomic mass is 10.3. The Morgan fingerprint density at radius 3 is 2.00 bits per heavy atom. The van der Waals surface area contributed by atoms with Crippen molar-refractivity contribution in [3.05, 3.63) is 48.5 Å². The van der Waals surface area contributed by atoms with Crippen LogP contribution in [0.15, 0.2) is 53.4 Å². The van der Waals surface area contributed by atoms with Gasteiger partial charge < -0.3 is 9.47 Å². The second-order valence-corrected chi connectivity index (χ2v) is 6.22. The average Bonchev–Trinajstić information content (AvgIpc) is 2.40. The topological polar surface area (TPSA) is 52.6 Å². The van der Waals surface area contributed by atoms with E-state index in [9.17, 15) is 21.6 Å². The van der Waals surface area contributed by atoms with E-state index in [1.165, 1.54) is 12.1 Å². The van der Waals surface area contributed by atoms with Crippen molar-refractivity contribution in [1.82, 2.24) is 0 Å². The van der Waals surface area contributed by atoms with E-state index in [4.69, 9.17) is 7.48 Å². The molecule has 0 bridgehead atoms. The third kappa shape index (κ3) is 4.66. The van der Waals surface area contributed by atoms with E-state index in [1.807, 2.05) is 0 Å². The second kappa shape index (κ2) is 5.88. The Hall–Kier alpha value is -2.22. The highest BCUT2D eigenvalue weighted by molar-refractivity contribution is 7.90. The molecule has 0 spiro atoms. The zero-order valence-corrected chi connectivity index (χ0v) is 12.0. The smallest absolute Gasteiger partial charge is 0.457 e. The SMILES string of the molecule is [3H]c1cc(OC(F)(F)F)ccc1Oc1ccc(S(C)(=O)=O)cc1[3H]. The summed E-state index contributed by atoms with van der Waals surface area (Å²) in [6.07, 6.45) is -3.88. The van der Waals surface area contributed by atoms with Crippen molar-refractivity contribution in [3.8, 4) is 17.2 Å². The van der Waals surface area contributed by atoms with E-state index in [2.05, 4.69) is 4.74 Å². The lowest BCUT2D eigenvalue weighted by Crippen LogP contribution is -2.16. The summed E-state index contributed by atoms with van der Waals surface area (Å²) in [5, 5.41) is 0. The number of alkyl halides is 3. The fraction of sp³-hybridized carbons (Fsp3) is 0.143. The molecule has 0 fully saturated rings. The summed E-state index contributed by atoms with van der Waals surface area (Å²) in [4.78, 5) is -0.0696. The molecule has 0 radical (unpaired) electrons. The first-order valence-corrected chi connectivity index (χ1v) is 7.70. The molecule has 0 saturated carbocycles. The maximum absolute atomic E-state index is 12.1. The summed E-state index contributed by atoms with van der Waals surface area (Å²) in [5.74, 6) is -0.719. The van der Waals surface area contributed by atoms with E-state index in [0.29, 0.717) is 0 Å². The van der Waals surface area contributed by atoms with Crippen molar-refractivity contribution < 1.29 is 33.8 Å². The van der Waals surface area contributed by atoms with E-state index in [-0.39, 0.29) is 28.5 Å². The maximum Gasteiger partial charge on any atom is 0.573 e. The van der Waals surface area contributed by atoms with Crippen LogP contribution in [0.4, 0.5) is 13.2 Å². The number of hydrogen-bond acceptors (Lipinski definition) is 4. The molecule has 2 aromatic carbocycles. The number of ether oxygens (including phenoxy) is 2. The normalized spacial score (nSPS) is 13.3. The molecule has 0 aliphatic heterocycles. The Labute approximate surface area is 127 Å². The highest BCUT2D eigenvalue weighted by Crippen LogP contribution is 2.27. The van der Waals surface area contributed by atoms with Gasteiger partial charge in [-0.25, -0.2) is 8.42 Å². The van der Waals surface area contributed by atoms with Crippen molar-refractivity contribution in [2.24, 2.45) is 0 Å². The lowest BCUT2D eigenvalue weighted by molar-refractivity contribution is -0.274. The zero-order valence-electron chi connectivity index (χ0n) is 13.1. The van der Waals surface area contributed by atoms with E-state index < -0.39 is 21.9 Å². The van der Waals surface area contributed by atoms with Crippen molar-refractivity contribution in [1.29, 1.82) is 0 Å². The highest BCUT2D eigenvalue weighted by Gasteiger charge is 2.30. The first-order chi connectivity index (χ1) is 11.0. The molecule has 0 saturated heterocycles. The third-order valence-electron chi connectivity index (χ3n) is 2.39. The van der Waals surface area contributed by atoms with Crippen LogP contribution >= 0.6 is 0 Å². The molecule has 0 amide bonds. The minimum atomic E-state index is -4.87. The molecule has 0 heterocycles. The van der Waals surface area contributed by atoms with Crippen LogP contribution in [-0.2, 0) is 9.84 Å². The molecule has 0 unspecified atom stereocenters. The Bertz CT molecular complexity index is 867. The second-order valence-electron chi connectivity index (χ2n) is 4.20. The molecule has 4 nitrogen and oxygen atoms in total. The summed E-state index contributed by atoms with van der Waals surface area (Å²) in [6.45, 7) is 0. The van der Waals surface area contributed by atoms with E-state index in [0.717, 1.165) is 30.5 Å². The molecule has 0 N–H and O–H groups in total. The number of rotatable bonds is 4. The number of hydrogen-bond donors (Lipinski definition) is 0. The lowest BCUT2D eigenvalue weighted by Gasteiger charge is -2.10. The van der Waals surface area contributed by atoms with Crippen LogP contribution in [0.3, 0.4) is 0 Å². The molecule has 0 aliphatic carbocycles. The van der Waals surface area contributed by atoms with Gasteiger partial charge in [0.1, 0.15) is 17.2 Å². The predicted molar refractivity (Wildman–Crippen MR) is 72.8 cm³/mol. The molecule has 0 atom stereocenters. The Morgan fingerprint density at radius 2 is 1.50 bits per heavy atom. The van der Waals surface area contributed by atoms with Crippen LogP contribution in [0.1, 0.15) is 2.74 Å². The van der Waals surface area contributed by atoms with Crippen LogP contribution in [0.25, 0.3) is 0 Å². The van der Waals surface area contributed by atoms with Gasteiger partial charge in [0.05, 0.1) is 7.64 Å². The van der Waals surface area contributed by atoms with E-state index >= 15 is 0 Å². The van der Waals surface area contributed by atoms with Gasteiger partial charge in [0.15, 0.2) is 9.84 Å². The Balaban J connectivity index is 2.26. The zero-order chi connectivity index (χ0) is 18.1. The minimum absolute atomic E-state index is 0.0413. The van der Waals surface area contributed by atoms with Gasteiger partial charge in [-0.1, -0.05) is 0 Å². The Morgan fingerprint density at radius 1 is 0.955 bits per heavy atom. The minimum Gasteiger partial charge on any atom is -0.457 e. The third-order valence-corrected chi connectivity index (χ3v) is 3.50. The molecule has 2 aromatic rings. The molecule has 8 heteroatoms. The summed E-state index contributed by atoms with van der Waals surface area (Å²) in [5.41, 5.74) is 0. The average molecular weight is 336 g/mol. The van der Waals surface area contributed by atoms with Crippen molar-refractivity contribution in [2.75, 3.05) is 6.26 Å². The summed E-state index contributed by atoms with van der Waals surface area (Å²) in [6, 6.07) is 5.79. The standard InChI is InChI=1S/C14H11F3O4S/c1-22(18,19)13-8-6-11(7-9-13)20-10-2-4-12(5-3-10)21-14(15,16)17/h2-9H,1H3/i2T,6T. The van der Waals surface area contributed by atoms with Crippen LogP contribution < -0.4 is 9.47 Å². The van der Waals surface area contributed by atoms with Gasteiger partial charge >= 0.3 is 6.36 Å². The summed E-state index contributed by atoms with van der Waals surface area (Å²) in [7, 11) is -3.48. The van der Waals surface area contributed by atoms with E-state index in [1.54, 1.807) is 0 Å².